The van der Waals surface area contributed by atoms with Crippen molar-refractivity contribution >= 4 is 16.9 Å². The minimum atomic E-state index is -0.0859. The van der Waals surface area contributed by atoms with Gasteiger partial charge in [-0.2, -0.15) is 4.98 Å². The second-order valence-electron chi connectivity index (χ2n) is 7.13. The van der Waals surface area contributed by atoms with Crippen molar-refractivity contribution in [3.8, 4) is 11.4 Å². The Kier molecular flexibility index (Phi) is 4.48. The summed E-state index contributed by atoms with van der Waals surface area (Å²) in [5.41, 5.74) is 2.83. The molecule has 2 aromatic carbocycles. The first kappa shape index (κ1) is 17.5. The zero-order chi connectivity index (χ0) is 19.6. The summed E-state index contributed by atoms with van der Waals surface area (Å²) in [7, 11) is 0. The lowest BCUT2D eigenvalue weighted by atomic mass is 9.96. The SMILES string of the molecule is O=C(c1cnc2ccccc2n1)N1CCC(c2nc(-c3ccccc3)no2)CC1. The number of hydrogen-bond donors (Lipinski definition) is 0. The Morgan fingerprint density at radius 2 is 1.66 bits per heavy atom. The van der Waals surface area contributed by atoms with Crippen LogP contribution in [-0.4, -0.2) is 44.0 Å². The lowest BCUT2D eigenvalue weighted by molar-refractivity contribution is 0.0698. The molecule has 0 atom stereocenters. The van der Waals surface area contributed by atoms with E-state index in [-0.39, 0.29) is 11.8 Å². The van der Waals surface area contributed by atoms with E-state index in [1.54, 1.807) is 6.20 Å². The Labute approximate surface area is 167 Å². The Morgan fingerprint density at radius 1 is 0.931 bits per heavy atom. The molecule has 2 aromatic heterocycles. The molecule has 3 heterocycles. The number of benzene rings is 2. The van der Waals surface area contributed by atoms with Gasteiger partial charge in [0.15, 0.2) is 0 Å². The molecular weight excluding hydrogens is 366 g/mol. The smallest absolute Gasteiger partial charge is 0.274 e. The number of para-hydroxylation sites is 2. The van der Waals surface area contributed by atoms with Crippen LogP contribution in [0.2, 0.25) is 0 Å². The fraction of sp³-hybridized carbons (Fsp3) is 0.227. The minimum absolute atomic E-state index is 0.0859. The second-order valence-corrected chi connectivity index (χ2v) is 7.13. The molecule has 5 rings (SSSR count). The Balaban J connectivity index is 1.26. The third-order valence-corrected chi connectivity index (χ3v) is 5.27. The van der Waals surface area contributed by atoms with E-state index in [4.69, 9.17) is 4.52 Å². The van der Waals surface area contributed by atoms with Crippen molar-refractivity contribution < 1.29 is 9.32 Å². The molecule has 0 bridgehead atoms. The number of likely N-dealkylation sites (tertiary alicyclic amines) is 1. The van der Waals surface area contributed by atoms with Gasteiger partial charge >= 0.3 is 0 Å². The maximum absolute atomic E-state index is 12.8. The molecule has 0 aliphatic carbocycles. The maximum atomic E-state index is 12.8. The van der Waals surface area contributed by atoms with E-state index in [2.05, 4.69) is 20.1 Å². The Hall–Kier alpha value is -3.61. The van der Waals surface area contributed by atoms with Gasteiger partial charge in [0, 0.05) is 24.6 Å². The summed E-state index contributed by atoms with van der Waals surface area (Å²) < 4.78 is 5.50. The van der Waals surface area contributed by atoms with Gasteiger partial charge in [-0.15, -0.1) is 0 Å². The van der Waals surface area contributed by atoms with Gasteiger partial charge in [0.1, 0.15) is 5.69 Å². The van der Waals surface area contributed by atoms with Gasteiger partial charge in [0.25, 0.3) is 5.91 Å². The minimum Gasteiger partial charge on any atom is -0.339 e. The van der Waals surface area contributed by atoms with Gasteiger partial charge in [-0.05, 0) is 25.0 Å². The quantitative estimate of drug-likeness (QED) is 0.535. The van der Waals surface area contributed by atoms with Gasteiger partial charge in [-0.1, -0.05) is 47.6 Å². The van der Waals surface area contributed by atoms with Crippen LogP contribution in [-0.2, 0) is 0 Å². The van der Waals surface area contributed by atoms with Crippen LogP contribution in [0.5, 0.6) is 0 Å². The van der Waals surface area contributed by atoms with E-state index in [1.165, 1.54) is 0 Å². The van der Waals surface area contributed by atoms with E-state index < -0.39 is 0 Å². The molecule has 0 radical (unpaired) electrons. The van der Waals surface area contributed by atoms with Crippen molar-refractivity contribution in [1.82, 2.24) is 25.0 Å². The number of fused-ring (bicyclic) bond motifs is 1. The first-order valence-corrected chi connectivity index (χ1v) is 9.68. The zero-order valence-electron chi connectivity index (χ0n) is 15.7. The fourth-order valence-corrected chi connectivity index (χ4v) is 3.66. The molecule has 1 aliphatic heterocycles. The van der Waals surface area contributed by atoms with Crippen molar-refractivity contribution in [1.29, 1.82) is 0 Å². The summed E-state index contributed by atoms with van der Waals surface area (Å²) in [4.78, 5) is 28.1. The highest BCUT2D eigenvalue weighted by Crippen LogP contribution is 2.29. The van der Waals surface area contributed by atoms with Crippen LogP contribution in [0, 0.1) is 0 Å². The average molecular weight is 385 g/mol. The van der Waals surface area contributed by atoms with Gasteiger partial charge in [0.2, 0.25) is 11.7 Å². The molecule has 0 spiro atoms. The lowest BCUT2D eigenvalue weighted by Gasteiger charge is -2.30. The van der Waals surface area contributed by atoms with Crippen LogP contribution >= 0.6 is 0 Å². The molecule has 7 nitrogen and oxygen atoms in total. The van der Waals surface area contributed by atoms with Crippen LogP contribution in [0.25, 0.3) is 22.4 Å². The highest BCUT2D eigenvalue weighted by atomic mass is 16.5. The largest absolute Gasteiger partial charge is 0.339 e. The third kappa shape index (κ3) is 3.47. The number of nitrogens with zero attached hydrogens (tertiary/aromatic N) is 5. The molecule has 144 valence electrons. The fourth-order valence-electron chi connectivity index (χ4n) is 3.66. The van der Waals surface area contributed by atoms with Gasteiger partial charge in [0.05, 0.1) is 17.2 Å². The van der Waals surface area contributed by atoms with Crippen LogP contribution in [0.4, 0.5) is 0 Å². The second kappa shape index (κ2) is 7.43. The van der Waals surface area contributed by atoms with Crippen molar-refractivity contribution in [3.63, 3.8) is 0 Å². The standard InChI is InChI=1S/C22H19N5O2/c28-22(19-14-23-17-8-4-5-9-18(17)24-19)27-12-10-16(11-13-27)21-25-20(26-29-21)15-6-2-1-3-7-15/h1-9,14,16H,10-13H2. The molecule has 29 heavy (non-hydrogen) atoms. The summed E-state index contributed by atoms with van der Waals surface area (Å²) >= 11 is 0. The molecule has 1 saturated heterocycles. The number of rotatable bonds is 3. The number of hydrogen-bond acceptors (Lipinski definition) is 6. The van der Waals surface area contributed by atoms with E-state index in [1.807, 2.05) is 59.5 Å². The summed E-state index contributed by atoms with van der Waals surface area (Å²) in [6.07, 6.45) is 3.12. The van der Waals surface area contributed by atoms with E-state index >= 15 is 0 Å². The van der Waals surface area contributed by atoms with E-state index in [0.29, 0.717) is 30.5 Å². The van der Waals surface area contributed by atoms with Crippen LogP contribution < -0.4 is 0 Å². The molecule has 7 heteroatoms. The monoisotopic (exact) mass is 385 g/mol. The molecule has 1 aliphatic rings. The molecule has 1 fully saturated rings. The number of piperidine rings is 1. The molecule has 0 N–H and O–H groups in total. The number of carbonyl (C=O) groups excluding carboxylic acids is 1. The topological polar surface area (TPSA) is 85.0 Å². The number of amides is 1. The number of aromatic nitrogens is 4. The summed E-state index contributed by atoms with van der Waals surface area (Å²) in [6, 6.07) is 17.3. The maximum Gasteiger partial charge on any atom is 0.274 e. The van der Waals surface area contributed by atoms with Crippen molar-refractivity contribution in [3.05, 3.63) is 72.4 Å². The van der Waals surface area contributed by atoms with Crippen LogP contribution in [0.1, 0.15) is 35.1 Å². The molecule has 0 saturated carbocycles. The predicted octanol–water partition coefficient (Wildman–Crippen LogP) is 3.70. The summed E-state index contributed by atoms with van der Waals surface area (Å²) in [5, 5.41) is 4.11. The zero-order valence-corrected chi connectivity index (χ0v) is 15.7. The Bertz CT molecular complexity index is 1150. The molecular formula is C22H19N5O2. The van der Waals surface area contributed by atoms with Crippen molar-refractivity contribution in [2.24, 2.45) is 0 Å². The first-order chi connectivity index (χ1) is 14.3. The number of carbonyl (C=O) groups is 1. The third-order valence-electron chi connectivity index (χ3n) is 5.27. The van der Waals surface area contributed by atoms with Gasteiger partial charge in [-0.25, -0.2) is 4.98 Å². The normalized spacial score (nSPS) is 15.0. The van der Waals surface area contributed by atoms with Gasteiger partial charge in [-0.3, -0.25) is 9.78 Å². The van der Waals surface area contributed by atoms with Crippen molar-refractivity contribution in [2.45, 2.75) is 18.8 Å². The molecule has 1 amide bonds. The van der Waals surface area contributed by atoms with E-state index in [0.717, 1.165) is 29.4 Å². The average Bonchev–Trinajstić information content (AvgIpc) is 3.29. The van der Waals surface area contributed by atoms with Crippen LogP contribution in [0.15, 0.2) is 65.3 Å². The molecule has 0 unspecified atom stereocenters. The highest BCUT2D eigenvalue weighted by molar-refractivity contribution is 5.93. The first-order valence-electron chi connectivity index (χ1n) is 9.68. The Morgan fingerprint density at radius 3 is 2.45 bits per heavy atom. The van der Waals surface area contributed by atoms with Crippen molar-refractivity contribution in [2.75, 3.05) is 13.1 Å². The van der Waals surface area contributed by atoms with Crippen LogP contribution in [0.3, 0.4) is 0 Å². The predicted molar refractivity (Wildman–Crippen MR) is 107 cm³/mol. The van der Waals surface area contributed by atoms with Gasteiger partial charge < -0.3 is 9.42 Å². The lowest BCUT2D eigenvalue weighted by Crippen LogP contribution is -2.38. The summed E-state index contributed by atoms with van der Waals surface area (Å²) in [5.74, 6) is 1.32. The highest BCUT2D eigenvalue weighted by Gasteiger charge is 2.28. The van der Waals surface area contributed by atoms with E-state index in [9.17, 15) is 4.79 Å². The summed E-state index contributed by atoms with van der Waals surface area (Å²) in [6.45, 7) is 1.25. The molecule has 4 aromatic rings.